The van der Waals surface area contributed by atoms with Gasteiger partial charge in [0.2, 0.25) is 47.3 Å². The predicted molar refractivity (Wildman–Crippen MR) is 431 cm³/mol. The van der Waals surface area contributed by atoms with Gasteiger partial charge in [-0.3, -0.25) is 81.6 Å². The normalized spacial score (nSPS) is 21.6. The Balaban J connectivity index is 0.000000381. The Morgan fingerprint density at radius 3 is 0.675 bits per heavy atom. The van der Waals surface area contributed by atoms with Gasteiger partial charge in [0, 0.05) is 176 Å². The highest BCUT2D eigenvalue weighted by molar-refractivity contribution is 5.91. The van der Waals surface area contributed by atoms with Crippen LogP contribution in [0.5, 0.6) is 0 Å². The molecule has 8 unspecified atom stereocenters. The Hall–Kier alpha value is -8.52. The summed E-state index contributed by atoms with van der Waals surface area (Å²) in [5.74, 6) is -5.13. The Kier molecular flexibility index (Phi) is 47.2. The number of methoxy groups -OCH3 is 3. The molecule has 8 atom stereocenters. The van der Waals surface area contributed by atoms with E-state index >= 15 is 0 Å². The average molecular weight is 1660 g/mol. The minimum atomic E-state index is -0.485. The van der Waals surface area contributed by atoms with E-state index in [1.54, 1.807) is 34.3 Å². The molecule has 0 radical (unpaired) electrons. The van der Waals surface area contributed by atoms with Gasteiger partial charge in [-0.15, -0.1) is 0 Å². The highest BCUT2D eigenvalue weighted by atomic mass is 16.6. The summed E-state index contributed by atoms with van der Waals surface area (Å²) in [7, 11) is 3.89. The van der Waals surface area contributed by atoms with Crippen LogP contribution >= 0.6 is 0 Å². The molecule has 33 nitrogen and oxygen atoms in total. The molecular weight excluding hydrogens is 1520 g/mol. The van der Waals surface area contributed by atoms with E-state index in [2.05, 4.69) is 20.8 Å². The molecule has 8 fully saturated rings. The van der Waals surface area contributed by atoms with Gasteiger partial charge in [0.25, 0.3) is 0 Å². The second kappa shape index (κ2) is 53.8. The second-order valence-corrected chi connectivity index (χ2v) is 32.5. The van der Waals surface area contributed by atoms with Crippen molar-refractivity contribution in [1.29, 1.82) is 0 Å². The fourth-order valence-corrected chi connectivity index (χ4v) is 14.4. The van der Waals surface area contributed by atoms with E-state index in [0.29, 0.717) is 111 Å². The summed E-state index contributed by atoms with van der Waals surface area (Å²) >= 11 is 0. The minimum Gasteiger partial charge on any atom is -0.469 e. The smallest absolute Gasteiger partial charge is 0.311 e. The summed E-state index contributed by atoms with van der Waals surface area (Å²) in [4.78, 5) is 204. The number of rotatable bonds is 37. The molecule has 0 spiro atoms. The fraction of sp³-hybridized carbons (Fsp3) is 0.810. The minimum absolute atomic E-state index is 0.0539. The number of likely N-dealkylation sites (tertiary alicyclic amines) is 8. The lowest BCUT2D eigenvalue weighted by atomic mass is 10.1. The number of amides is 8. The van der Waals surface area contributed by atoms with Crippen LogP contribution < -0.4 is 0 Å². The number of carbonyl (C=O) groups is 16. The van der Waals surface area contributed by atoms with E-state index in [0.717, 1.165) is 77.5 Å². The van der Waals surface area contributed by atoms with E-state index < -0.39 is 35.7 Å². The van der Waals surface area contributed by atoms with Crippen molar-refractivity contribution in [1.82, 2.24) is 44.1 Å². The van der Waals surface area contributed by atoms with Gasteiger partial charge in [-0.05, 0) is 102 Å². The van der Waals surface area contributed by atoms with Gasteiger partial charge in [-0.25, -0.2) is 0 Å². The molecule has 8 amide bonds. The van der Waals surface area contributed by atoms with Crippen LogP contribution in [0, 0.1) is 47.3 Å². The van der Waals surface area contributed by atoms with Crippen LogP contribution in [-0.2, 0) is 115 Å². The molecule has 0 aromatic rings. The number of ether oxygens (including phenoxy) is 8. The zero-order chi connectivity index (χ0) is 87.8. The predicted octanol–water partition coefficient (Wildman–Crippen LogP) is 6.29. The van der Waals surface area contributed by atoms with Gasteiger partial charge in [0.1, 0.15) is 0 Å². The Morgan fingerprint density at radius 2 is 0.462 bits per heavy atom. The lowest BCUT2D eigenvalue weighted by Gasteiger charge is -2.29. The van der Waals surface area contributed by atoms with Crippen LogP contribution in [-0.4, -0.2) is 315 Å². The summed E-state index contributed by atoms with van der Waals surface area (Å²) in [5, 5.41) is 0. The van der Waals surface area contributed by atoms with Crippen LogP contribution in [0.15, 0.2) is 0 Å². The van der Waals surface area contributed by atoms with E-state index in [1.807, 2.05) is 92.9 Å². The summed E-state index contributed by atoms with van der Waals surface area (Å²) < 4.78 is 39.9. The number of unbranched alkanes of at least 4 members (excludes halogenated alkanes) is 6. The first-order valence-corrected chi connectivity index (χ1v) is 42.6. The molecule has 666 valence electrons. The van der Waals surface area contributed by atoms with Crippen molar-refractivity contribution in [3.63, 3.8) is 0 Å². The standard InChI is InChI=1S/C24H36N4O9.C14H25NO3.C13H23NO3.C12H21NO3.C11H19NO3.C10H17NO3/c1-35-22(32)16-10-19(29)26(13-16)7-4-25(5-8-27-14-17(11-20(27)30)23(33)36-2)6-9-28-15-18(12-21(28)31)24(34)37-3;1-4-5-6-7-8-15-10-12(9-13(15)16)14(17)18-11(2)3;1-4-5-6-7-14-9-11(8-12(14)15)13(16)17-10(2)3;1-4-5-6-13-8-10(7-11(13)14)12(15)16-9(2)3;1-4-5-12-7-9(6-10(12)13)11(14)15-8(2)3;1-4-11-6-8(5-9(11)12)10(13)14-7(2)3/h16-18H,4-15H2,1-3H3;11-12H,4-10H2,1-3H3;10-11H,4-9H2,1-3H3;9-10H,4-8H2,1-3H3;8-9H,4-7H2,1-3H3;7-8H,4-6H2,1-3H3. The third-order valence-electron chi connectivity index (χ3n) is 20.8. The molecule has 8 heterocycles. The highest BCUT2D eigenvalue weighted by Crippen LogP contribution is 2.27. The first kappa shape index (κ1) is 103. The number of hydrogen-bond acceptors (Lipinski definition) is 25. The maximum Gasteiger partial charge on any atom is 0.311 e. The molecule has 0 aromatic carbocycles. The molecule has 33 heteroatoms. The monoisotopic (exact) mass is 1660 g/mol. The van der Waals surface area contributed by atoms with Gasteiger partial charge in [0.15, 0.2) is 0 Å². The highest BCUT2D eigenvalue weighted by Gasteiger charge is 2.42. The maximum atomic E-state index is 12.4. The first-order valence-electron chi connectivity index (χ1n) is 42.6. The summed E-state index contributed by atoms with van der Waals surface area (Å²) in [5.41, 5.74) is 0. The van der Waals surface area contributed by atoms with Gasteiger partial charge in [0.05, 0.1) is 99.2 Å². The van der Waals surface area contributed by atoms with Gasteiger partial charge < -0.3 is 77.1 Å². The Labute approximate surface area is 693 Å². The molecule has 0 aliphatic carbocycles. The average Bonchev–Trinajstić information content (AvgIpc) is 1.76. The molecule has 0 N–H and O–H groups in total. The van der Waals surface area contributed by atoms with Gasteiger partial charge in [-0.2, -0.15) is 0 Å². The third kappa shape index (κ3) is 36.7. The molecule has 117 heavy (non-hydrogen) atoms. The number of hydrogen-bond donors (Lipinski definition) is 0. The molecule has 8 aliphatic rings. The Bertz CT molecular complexity index is 3130. The molecule has 8 aliphatic heterocycles. The zero-order valence-electron chi connectivity index (χ0n) is 73.5. The van der Waals surface area contributed by atoms with Crippen molar-refractivity contribution in [2.75, 3.05) is 146 Å². The molecule has 0 aromatic heterocycles. The van der Waals surface area contributed by atoms with E-state index in [4.69, 9.17) is 37.9 Å². The van der Waals surface area contributed by atoms with E-state index in [1.165, 1.54) is 34.2 Å². The summed E-state index contributed by atoms with van der Waals surface area (Å²) in [6, 6.07) is 0. The summed E-state index contributed by atoms with van der Waals surface area (Å²) in [6.07, 6.45) is 12.2. The molecule has 0 bridgehead atoms. The van der Waals surface area contributed by atoms with E-state index in [9.17, 15) is 76.7 Å². The maximum absolute atomic E-state index is 12.4. The molecule has 0 saturated carbocycles. The van der Waals surface area contributed by atoms with Crippen molar-refractivity contribution >= 4 is 95.0 Å². The van der Waals surface area contributed by atoms with Gasteiger partial charge >= 0.3 is 47.8 Å². The Morgan fingerprint density at radius 1 is 0.265 bits per heavy atom. The zero-order valence-corrected chi connectivity index (χ0v) is 73.5. The van der Waals surface area contributed by atoms with Crippen LogP contribution in [0.25, 0.3) is 0 Å². The SMILES string of the molecule is CCCCCCN1CC(C(=O)OC(C)C)CC1=O.CCCCCN1CC(C(=O)OC(C)C)CC1=O.CCCCN1CC(C(=O)OC(C)C)CC1=O.CCCN1CC(C(=O)OC(C)C)CC1=O.CCN1CC(C(=O)OC(C)C)CC1=O.COC(=O)C1CC(=O)N(CCN(CCN2CC(C(=O)OC)CC2=O)CCN2CC(C(=O)OC)CC2=O)C1. The quantitative estimate of drug-likeness (QED) is 0.0375. The lowest BCUT2D eigenvalue weighted by Crippen LogP contribution is -2.44. The topological polar surface area (TPSA) is 376 Å². The van der Waals surface area contributed by atoms with Crippen molar-refractivity contribution in [3.8, 4) is 0 Å². The summed E-state index contributed by atoms with van der Waals surface area (Å²) in [6.45, 7) is 38.3. The van der Waals surface area contributed by atoms with Crippen LogP contribution in [0.3, 0.4) is 0 Å². The molecule has 8 rings (SSSR count). The third-order valence-corrected chi connectivity index (χ3v) is 20.8. The second-order valence-electron chi connectivity index (χ2n) is 32.5. The first-order chi connectivity index (χ1) is 55.4. The van der Waals surface area contributed by atoms with Crippen molar-refractivity contribution in [3.05, 3.63) is 0 Å². The van der Waals surface area contributed by atoms with Crippen LogP contribution in [0.1, 0.15) is 219 Å². The number of esters is 8. The number of carbonyl (C=O) groups excluding carboxylic acids is 16. The van der Waals surface area contributed by atoms with Gasteiger partial charge in [-0.1, -0.05) is 66.2 Å². The fourth-order valence-electron chi connectivity index (χ4n) is 14.4. The van der Waals surface area contributed by atoms with Crippen LogP contribution in [0.4, 0.5) is 0 Å². The van der Waals surface area contributed by atoms with Crippen molar-refractivity contribution in [2.45, 2.75) is 250 Å². The van der Waals surface area contributed by atoms with E-state index in [-0.39, 0.29) is 176 Å². The van der Waals surface area contributed by atoms with Crippen LogP contribution in [0.2, 0.25) is 0 Å². The number of nitrogens with zero attached hydrogens (tertiary/aromatic N) is 9. The largest absolute Gasteiger partial charge is 0.469 e. The molecular formula is C84H141N9O24. The molecule has 8 saturated heterocycles. The van der Waals surface area contributed by atoms with Crippen molar-refractivity contribution in [2.24, 2.45) is 47.3 Å². The van der Waals surface area contributed by atoms with Crippen molar-refractivity contribution < 1.29 is 115 Å². The lowest BCUT2D eigenvalue weighted by molar-refractivity contribution is -0.153.